The minimum atomic E-state index is -0.186. The number of amides is 1. The molecule has 1 unspecified atom stereocenters. The third kappa shape index (κ3) is 3.35. The molecule has 0 spiro atoms. The molecular formula is C19H23N5O2. The van der Waals surface area contributed by atoms with Crippen LogP contribution in [-0.2, 0) is 11.2 Å². The standard InChI is InChI=1S/C19H23N5O2/c1-2-3-6-17-22-14-8-7-12(10-15(14)23-17)21-19(25)13-11-20-24-18(13)16-5-4-9-26-16/h7-8,10-11,16H,2-6,9H2,1H3,(H,20,24)(H,21,25)(H,22,23). The highest BCUT2D eigenvalue weighted by atomic mass is 16.5. The molecule has 3 aromatic rings. The van der Waals surface area contributed by atoms with Crippen molar-refractivity contribution in [1.82, 2.24) is 20.2 Å². The van der Waals surface area contributed by atoms with E-state index in [9.17, 15) is 4.79 Å². The van der Waals surface area contributed by atoms with Gasteiger partial charge in [-0.1, -0.05) is 13.3 Å². The molecule has 1 amide bonds. The van der Waals surface area contributed by atoms with Gasteiger partial charge in [0.1, 0.15) is 5.82 Å². The number of fused-ring (bicyclic) bond motifs is 1. The SMILES string of the molecule is CCCCc1nc2ccc(NC(=O)c3cn[nH]c3C3CCCO3)cc2[nH]1. The first-order valence-corrected chi connectivity index (χ1v) is 9.19. The predicted octanol–water partition coefficient (Wildman–Crippen LogP) is 3.73. The van der Waals surface area contributed by atoms with Crippen LogP contribution >= 0.6 is 0 Å². The first kappa shape index (κ1) is 16.8. The van der Waals surface area contributed by atoms with E-state index in [-0.39, 0.29) is 12.0 Å². The lowest BCUT2D eigenvalue weighted by Gasteiger charge is -2.10. The second-order valence-corrected chi connectivity index (χ2v) is 6.67. The van der Waals surface area contributed by atoms with Crippen molar-refractivity contribution in [1.29, 1.82) is 0 Å². The number of aryl methyl sites for hydroxylation is 1. The number of carbonyl (C=O) groups is 1. The molecule has 0 aliphatic carbocycles. The van der Waals surface area contributed by atoms with E-state index in [0.29, 0.717) is 5.56 Å². The Morgan fingerprint density at radius 1 is 1.42 bits per heavy atom. The zero-order valence-electron chi connectivity index (χ0n) is 14.8. The van der Waals surface area contributed by atoms with Gasteiger partial charge in [-0.25, -0.2) is 4.98 Å². The van der Waals surface area contributed by atoms with Crippen molar-refractivity contribution < 1.29 is 9.53 Å². The maximum atomic E-state index is 12.7. The number of rotatable bonds is 6. The summed E-state index contributed by atoms with van der Waals surface area (Å²) in [6, 6.07) is 5.71. The molecular weight excluding hydrogens is 330 g/mol. The van der Waals surface area contributed by atoms with Crippen molar-refractivity contribution in [3.05, 3.63) is 41.5 Å². The van der Waals surface area contributed by atoms with Crippen LogP contribution in [0.5, 0.6) is 0 Å². The second kappa shape index (κ2) is 7.29. The van der Waals surface area contributed by atoms with Crippen LogP contribution in [0.1, 0.15) is 60.6 Å². The maximum Gasteiger partial charge on any atom is 0.259 e. The Hall–Kier alpha value is -2.67. The summed E-state index contributed by atoms with van der Waals surface area (Å²) >= 11 is 0. The van der Waals surface area contributed by atoms with Crippen LogP contribution < -0.4 is 5.32 Å². The second-order valence-electron chi connectivity index (χ2n) is 6.67. The van der Waals surface area contributed by atoms with Gasteiger partial charge >= 0.3 is 0 Å². The summed E-state index contributed by atoms with van der Waals surface area (Å²) in [4.78, 5) is 20.6. The summed E-state index contributed by atoms with van der Waals surface area (Å²) in [5.41, 5.74) is 3.86. The lowest BCUT2D eigenvalue weighted by atomic mass is 10.1. The molecule has 1 aliphatic rings. The average Bonchev–Trinajstić information content (AvgIpc) is 3.38. The van der Waals surface area contributed by atoms with E-state index in [4.69, 9.17) is 4.74 Å². The van der Waals surface area contributed by atoms with Crippen LogP contribution in [0.2, 0.25) is 0 Å². The van der Waals surface area contributed by atoms with Gasteiger partial charge in [-0.15, -0.1) is 0 Å². The van der Waals surface area contributed by atoms with Gasteiger partial charge in [-0.2, -0.15) is 5.10 Å². The molecule has 1 atom stereocenters. The highest BCUT2D eigenvalue weighted by Crippen LogP contribution is 2.29. The van der Waals surface area contributed by atoms with E-state index < -0.39 is 0 Å². The Morgan fingerprint density at radius 3 is 3.15 bits per heavy atom. The number of hydrogen-bond donors (Lipinski definition) is 3. The lowest BCUT2D eigenvalue weighted by Crippen LogP contribution is -2.14. The Labute approximate surface area is 151 Å². The molecule has 2 aromatic heterocycles. The minimum absolute atomic E-state index is 0.0746. The number of aromatic nitrogens is 4. The molecule has 3 N–H and O–H groups in total. The zero-order chi connectivity index (χ0) is 17.9. The number of ether oxygens (including phenoxy) is 1. The Kier molecular flexibility index (Phi) is 4.71. The number of aromatic amines is 2. The van der Waals surface area contributed by atoms with Crippen LogP contribution in [0.3, 0.4) is 0 Å². The summed E-state index contributed by atoms with van der Waals surface area (Å²) < 4.78 is 5.67. The Morgan fingerprint density at radius 2 is 2.35 bits per heavy atom. The van der Waals surface area contributed by atoms with Gasteiger partial charge < -0.3 is 15.0 Å². The fraction of sp³-hybridized carbons (Fsp3) is 0.421. The van der Waals surface area contributed by atoms with E-state index in [2.05, 4.69) is 32.4 Å². The Balaban J connectivity index is 1.51. The summed E-state index contributed by atoms with van der Waals surface area (Å²) in [6.45, 7) is 2.89. The van der Waals surface area contributed by atoms with Gasteiger partial charge in [0.15, 0.2) is 0 Å². The quantitative estimate of drug-likeness (QED) is 0.629. The van der Waals surface area contributed by atoms with Crippen LogP contribution in [0.4, 0.5) is 5.69 Å². The molecule has 26 heavy (non-hydrogen) atoms. The molecule has 0 saturated carbocycles. The molecule has 1 fully saturated rings. The van der Waals surface area contributed by atoms with Crippen LogP contribution in [0.25, 0.3) is 11.0 Å². The number of nitrogens with zero attached hydrogens (tertiary/aromatic N) is 2. The molecule has 136 valence electrons. The van der Waals surface area contributed by atoms with Crippen LogP contribution in [0.15, 0.2) is 24.4 Å². The molecule has 1 aromatic carbocycles. The van der Waals surface area contributed by atoms with Crippen molar-refractivity contribution >= 4 is 22.6 Å². The summed E-state index contributed by atoms with van der Waals surface area (Å²) in [5.74, 6) is 0.801. The highest BCUT2D eigenvalue weighted by Gasteiger charge is 2.25. The van der Waals surface area contributed by atoms with E-state index >= 15 is 0 Å². The third-order valence-electron chi connectivity index (χ3n) is 4.72. The molecule has 7 heteroatoms. The number of benzene rings is 1. The molecule has 1 saturated heterocycles. The Bertz CT molecular complexity index is 908. The molecule has 0 bridgehead atoms. The molecule has 0 radical (unpaired) electrons. The van der Waals surface area contributed by atoms with Crippen molar-refractivity contribution in [2.45, 2.75) is 45.1 Å². The third-order valence-corrected chi connectivity index (χ3v) is 4.72. The van der Waals surface area contributed by atoms with Crippen LogP contribution in [-0.4, -0.2) is 32.7 Å². The van der Waals surface area contributed by atoms with E-state index in [1.165, 1.54) is 0 Å². The number of imidazole rings is 1. The fourth-order valence-corrected chi connectivity index (χ4v) is 3.33. The maximum absolute atomic E-state index is 12.7. The topological polar surface area (TPSA) is 95.7 Å². The van der Waals surface area contributed by atoms with E-state index in [1.807, 2.05) is 18.2 Å². The summed E-state index contributed by atoms with van der Waals surface area (Å²) in [5, 5.41) is 9.89. The molecule has 1 aliphatic heterocycles. The van der Waals surface area contributed by atoms with Crippen molar-refractivity contribution in [3.8, 4) is 0 Å². The van der Waals surface area contributed by atoms with Crippen molar-refractivity contribution in [2.24, 2.45) is 0 Å². The zero-order valence-corrected chi connectivity index (χ0v) is 14.8. The summed E-state index contributed by atoms with van der Waals surface area (Å²) in [7, 11) is 0. The van der Waals surface area contributed by atoms with Crippen LogP contribution in [0, 0.1) is 0 Å². The number of hydrogen-bond acceptors (Lipinski definition) is 4. The smallest absolute Gasteiger partial charge is 0.259 e. The lowest BCUT2D eigenvalue weighted by molar-refractivity contribution is 0.0979. The van der Waals surface area contributed by atoms with Gasteiger partial charge in [-0.3, -0.25) is 9.89 Å². The van der Waals surface area contributed by atoms with Crippen molar-refractivity contribution in [2.75, 3.05) is 11.9 Å². The first-order valence-electron chi connectivity index (χ1n) is 9.19. The molecule has 3 heterocycles. The van der Waals surface area contributed by atoms with Gasteiger partial charge in [0.05, 0.1) is 34.6 Å². The van der Waals surface area contributed by atoms with E-state index in [0.717, 1.165) is 67.0 Å². The normalized spacial score (nSPS) is 17.0. The molecule has 7 nitrogen and oxygen atoms in total. The van der Waals surface area contributed by atoms with Gasteiger partial charge in [-0.05, 0) is 37.5 Å². The monoisotopic (exact) mass is 353 g/mol. The average molecular weight is 353 g/mol. The predicted molar refractivity (Wildman–Crippen MR) is 99.2 cm³/mol. The fourth-order valence-electron chi connectivity index (χ4n) is 3.33. The number of nitrogens with one attached hydrogen (secondary N) is 3. The number of H-pyrrole nitrogens is 2. The van der Waals surface area contributed by atoms with E-state index in [1.54, 1.807) is 6.20 Å². The van der Waals surface area contributed by atoms with Gasteiger partial charge in [0.25, 0.3) is 5.91 Å². The largest absolute Gasteiger partial charge is 0.372 e. The number of unbranched alkanes of at least 4 members (excludes halogenated alkanes) is 1. The van der Waals surface area contributed by atoms with Crippen molar-refractivity contribution in [3.63, 3.8) is 0 Å². The number of anilines is 1. The summed E-state index contributed by atoms with van der Waals surface area (Å²) in [6.07, 6.45) is 6.57. The number of carbonyl (C=O) groups excluding carboxylic acids is 1. The highest BCUT2D eigenvalue weighted by molar-refractivity contribution is 6.05. The van der Waals surface area contributed by atoms with Gasteiger partial charge in [0, 0.05) is 18.7 Å². The first-order chi connectivity index (χ1) is 12.7. The molecule has 4 rings (SSSR count). The minimum Gasteiger partial charge on any atom is -0.372 e. The van der Waals surface area contributed by atoms with Gasteiger partial charge in [0.2, 0.25) is 0 Å².